The molecule has 4 nitrogen and oxygen atoms in total. The maximum atomic E-state index is 11.7. The van der Waals surface area contributed by atoms with Crippen LogP contribution in [-0.4, -0.2) is 20.5 Å². The van der Waals surface area contributed by atoms with Gasteiger partial charge >= 0.3 is 0 Å². The summed E-state index contributed by atoms with van der Waals surface area (Å²) >= 11 is 0. The van der Waals surface area contributed by atoms with Crippen molar-refractivity contribution in [2.24, 2.45) is 52.8 Å². The Balaban J connectivity index is 1.34. The predicted molar refractivity (Wildman–Crippen MR) is 122 cm³/mol. The van der Waals surface area contributed by atoms with E-state index < -0.39 is 5.60 Å². The van der Waals surface area contributed by atoms with Gasteiger partial charge in [-0.3, -0.25) is 4.68 Å². The predicted octanol–water partition coefficient (Wildman–Crippen LogP) is 5.66. The van der Waals surface area contributed by atoms with E-state index in [-0.39, 0.29) is 5.41 Å². The van der Waals surface area contributed by atoms with Crippen LogP contribution in [0.3, 0.4) is 0 Å². The number of nitrogens with zero attached hydrogens (tertiary/aromatic N) is 3. The van der Waals surface area contributed by atoms with E-state index in [0.29, 0.717) is 18.0 Å². The maximum Gasteiger partial charge on any atom is 0.102 e. The van der Waals surface area contributed by atoms with Gasteiger partial charge in [-0.1, -0.05) is 20.8 Å². The molecule has 31 heavy (non-hydrogen) atoms. The Labute approximate surface area is 188 Å². The van der Waals surface area contributed by atoms with Crippen LogP contribution in [0.15, 0.2) is 12.4 Å². The Morgan fingerprint density at radius 3 is 2.65 bits per heavy atom. The minimum atomic E-state index is -0.791. The number of rotatable bonds is 3. The molecule has 4 saturated carbocycles. The second-order valence-corrected chi connectivity index (χ2v) is 12.4. The number of hydrogen-bond donors (Lipinski definition) is 1. The Bertz CT molecular complexity index is 853. The van der Waals surface area contributed by atoms with E-state index in [2.05, 4.69) is 31.9 Å². The molecule has 170 valence electrons. The molecule has 0 aliphatic heterocycles. The first-order valence-corrected chi connectivity index (χ1v) is 12.9. The summed E-state index contributed by atoms with van der Waals surface area (Å²) in [5.74, 6) is 6.61. The molecule has 4 aliphatic carbocycles. The zero-order valence-corrected chi connectivity index (χ0v) is 19.9. The van der Waals surface area contributed by atoms with Crippen molar-refractivity contribution in [1.29, 1.82) is 5.26 Å². The van der Waals surface area contributed by atoms with Crippen LogP contribution in [0.25, 0.3) is 0 Å². The maximum absolute atomic E-state index is 11.7. The minimum absolute atomic E-state index is 0.232. The Morgan fingerprint density at radius 1 is 1.13 bits per heavy atom. The monoisotopic (exact) mass is 423 g/mol. The molecular weight excluding hydrogens is 382 g/mol. The summed E-state index contributed by atoms with van der Waals surface area (Å²) in [5, 5.41) is 25.1. The van der Waals surface area contributed by atoms with Crippen LogP contribution in [0.2, 0.25) is 0 Å². The van der Waals surface area contributed by atoms with Crippen LogP contribution in [0.1, 0.15) is 84.6 Å². The number of aliphatic hydroxyl groups is 1. The lowest BCUT2D eigenvalue weighted by molar-refractivity contribution is -0.118. The fourth-order valence-electron chi connectivity index (χ4n) is 9.23. The zero-order chi connectivity index (χ0) is 22.0. The van der Waals surface area contributed by atoms with Crippen molar-refractivity contribution in [3.05, 3.63) is 18.0 Å². The number of hydrogen-bond acceptors (Lipinski definition) is 3. The van der Waals surface area contributed by atoms with Gasteiger partial charge in [-0.2, -0.15) is 10.4 Å². The van der Waals surface area contributed by atoms with Crippen LogP contribution < -0.4 is 0 Å². The number of nitriles is 1. The fourth-order valence-corrected chi connectivity index (χ4v) is 9.23. The molecule has 1 heterocycles. The van der Waals surface area contributed by atoms with Crippen molar-refractivity contribution in [1.82, 2.24) is 9.78 Å². The van der Waals surface area contributed by atoms with Crippen molar-refractivity contribution < 1.29 is 5.11 Å². The van der Waals surface area contributed by atoms with Crippen LogP contribution in [0.4, 0.5) is 0 Å². The van der Waals surface area contributed by atoms with Crippen LogP contribution >= 0.6 is 0 Å². The minimum Gasteiger partial charge on any atom is -0.388 e. The third-order valence-electron chi connectivity index (χ3n) is 10.8. The average molecular weight is 424 g/mol. The molecule has 4 heteroatoms. The molecule has 4 aliphatic rings. The normalized spacial score (nSPS) is 46.3. The molecule has 0 saturated heterocycles. The first-order valence-electron chi connectivity index (χ1n) is 12.9. The molecular formula is C27H41N3O. The number of fused-ring (bicyclic) bond motifs is 5. The lowest BCUT2D eigenvalue weighted by Crippen LogP contribution is -2.53. The largest absolute Gasteiger partial charge is 0.388 e. The SMILES string of the molecule is CC1CC2CCC3C(CCC4(C)C3CCC4[C@@](C)(O)Cn3cc(C#N)cn3)C2CC1C. The van der Waals surface area contributed by atoms with Crippen molar-refractivity contribution >= 4 is 0 Å². The van der Waals surface area contributed by atoms with Gasteiger partial charge in [-0.15, -0.1) is 0 Å². The van der Waals surface area contributed by atoms with Gasteiger partial charge in [0.1, 0.15) is 6.07 Å². The number of aromatic nitrogens is 2. The molecule has 0 spiro atoms. The highest BCUT2D eigenvalue weighted by molar-refractivity contribution is 5.21. The first-order chi connectivity index (χ1) is 14.7. The Kier molecular flexibility index (Phi) is 5.28. The quantitative estimate of drug-likeness (QED) is 0.682. The molecule has 4 fully saturated rings. The van der Waals surface area contributed by atoms with Gasteiger partial charge in [-0.25, -0.2) is 0 Å². The van der Waals surface area contributed by atoms with E-state index in [1.807, 2.05) is 6.92 Å². The third kappa shape index (κ3) is 3.47. The zero-order valence-electron chi connectivity index (χ0n) is 19.9. The van der Waals surface area contributed by atoms with Gasteiger partial charge in [0.05, 0.1) is 23.9 Å². The van der Waals surface area contributed by atoms with E-state index in [9.17, 15) is 5.11 Å². The van der Waals surface area contributed by atoms with Gasteiger partial charge in [0.2, 0.25) is 0 Å². The van der Waals surface area contributed by atoms with Crippen LogP contribution in [0.5, 0.6) is 0 Å². The van der Waals surface area contributed by atoms with E-state index in [1.165, 1.54) is 44.9 Å². The molecule has 1 aromatic rings. The van der Waals surface area contributed by atoms with E-state index in [1.54, 1.807) is 17.1 Å². The van der Waals surface area contributed by atoms with Crippen LogP contribution in [0, 0.1) is 64.1 Å². The van der Waals surface area contributed by atoms with Crippen molar-refractivity contribution in [2.45, 2.75) is 91.2 Å². The van der Waals surface area contributed by atoms with E-state index in [4.69, 9.17) is 5.26 Å². The van der Waals surface area contributed by atoms with Crippen molar-refractivity contribution in [2.75, 3.05) is 0 Å². The van der Waals surface area contributed by atoms with Gasteiger partial charge < -0.3 is 5.11 Å². The molecule has 1 aromatic heterocycles. The fraction of sp³-hybridized carbons (Fsp3) is 0.852. The topological polar surface area (TPSA) is 61.8 Å². The van der Waals surface area contributed by atoms with Gasteiger partial charge in [0.25, 0.3) is 0 Å². The standard InChI is InChI=1S/C27H41N3O/c1-17-11-20-5-6-22-21(23(20)12-18(17)2)9-10-26(3)24(22)7-8-25(26)27(4,31)16-30-15-19(13-28)14-29-30/h14-15,17-18,20-25,31H,5-12,16H2,1-4H3/t17?,18?,20?,21?,22?,23?,24?,25?,26?,27-/m0/s1. The average Bonchev–Trinajstić information content (AvgIpc) is 3.32. The first kappa shape index (κ1) is 21.5. The Morgan fingerprint density at radius 2 is 1.90 bits per heavy atom. The lowest BCUT2D eigenvalue weighted by atomic mass is 9.48. The smallest absolute Gasteiger partial charge is 0.102 e. The highest BCUT2D eigenvalue weighted by Gasteiger charge is 2.60. The summed E-state index contributed by atoms with van der Waals surface area (Å²) in [4.78, 5) is 0. The highest BCUT2D eigenvalue weighted by Crippen LogP contribution is 2.66. The molecule has 0 bridgehead atoms. The lowest BCUT2D eigenvalue weighted by Gasteiger charge is -2.58. The molecule has 0 amide bonds. The molecule has 9 unspecified atom stereocenters. The summed E-state index contributed by atoms with van der Waals surface area (Å²) in [6.45, 7) is 9.98. The van der Waals surface area contributed by atoms with Crippen molar-refractivity contribution in [3.8, 4) is 6.07 Å². The van der Waals surface area contributed by atoms with Crippen molar-refractivity contribution in [3.63, 3.8) is 0 Å². The van der Waals surface area contributed by atoms with Crippen LogP contribution in [-0.2, 0) is 6.54 Å². The summed E-state index contributed by atoms with van der Waals surface area (Å²) in [5.41, 5.74) is 0.0109. The van der Waals surface area contributed by atoms with E-state index >= 15 is 0 Å². The van der Waals surface area contributed by atoms with Gasteiger partial charge in [-0.05, 0) is 111 Å². The molecule has 0 radical (unpaired) electrons. The summed E-state index contributed by atoms with van der Waals surface area (Å²) in [7, 11) is 0. The Hall–Kier alpha value is -1.34. The second-order valence-electron chi connectivity index (χ2n) is 12.4. The molecule has 0 aromatic carbocycles. The molecule has 10 atom stereocenters. The second kappa shape index (κ2) is 7.62. The summed E-state index contributed by atoms with van der Waals surface area (Å²) in [6.07, 6.45) is 14.2. The van der Waals surface area contributed by atoms with E-state index in [0.717, 1.165) is 47.8 Å². The molecule has 1 N–H and O–H groups in total. The van der Waals surface area contributed by atoms with Gasteiger partial charge in [0, 0.05) is 6.20 Å². The third-order valence-corrected chi connectivity index (χ3v) is 10.8. The molecule has 5 rings (SSSR count). The van der Waals surface area contributed by atoms with Gasteiger partial charge in [0.15, 0.2) is 0 Å². The highest BCUT2D eigenvalue weighted by atomic mass is 16.3. The summed E-state index contributed by atoms with van der Waals surface area (Å²) < 4.78 is 1.77. The summed E-state index contributed by atoms with van der Waals surface area (Å²) in [6, 6.07) is 2.15.